The zero-order chi connectivity index (χ0) is 14.7. The van der Waals surface area contributed by atoms with E-state index in [9.17, 15) is 4.79 Å². The second kappa shape index (κ2) is 6.93. The molecule has 1 amide bonds. The van der Waals surface area contributed by atoms with E-state index in [1.54, 1.807) is 0 Å². The molecule has 4 atom stereocenters. The molecule has 2 aliphatic rings. The van der Waals surface area contributed by atoms with Crippen molar-refractivity contribution in [3.8, 4) is 0 Å². The van der Waals surface area contributed by atoms with E-state index in [1.807, 2.05) is 0 Å². The number of carbonyl (C=O) groups excluding carboxylic acids is 1. The van der Waals surface area contributed by atoms with Gasteiger partial charge in [-0.1, -0.05) is 46.5 Å². The summed E-state index contributed by atoms with van der Waals surface area (Å²) in [6.45, 7) is 8.82. The SMILES string of the molecule is CCCC(C)N1C(=O)C(C(C)CC)NC1C1CCCC1. The van der Waals surface area contributed by atoms with Gasteiger partial charge in [0.05, 0.1) is 12.2 Å². The van der Waals surface area contributed by atoms with Crippen molar-refractivity contribution in [1.82, 2.24) is 10.2 Å². The molecule has 4 unspecified atom stereocenters. The average molecular weight is 280 g/mol. The summed E-state index contributed by atoms with van der Waals surface area (Å²) in [5, 5.41) is 3.70. The second-order valence-electron chi connectivity index (χ2n) is 6.90. The molecule has 116 valence electrons. The lowest BCUT2D eigenvalue weighted by atomic mass is 9.99. The maximum Gasteiger partial charge on any atom is 0.241 e. The van der Waals surface area contributed by atoms with E-state index in [2.05, 4.69) is 37.9 Å². The minimum absolute atomic E-state index is 0.0462. The summed E-state index contributed by atoms with van der Waals surface area (Å²) >= 11 is 0. The third-order valence-corrected chi connectivity index (χ3v) is 5.41. The minimum Gasteiger partial charge on any atom is -0.323 e. The van der Waals surface area contributed by atoms with Gasteiger partial charge in [0.15, 0.2) is 0 Å². The summed E-state index contributed by atoms with van der Waals surface area (Å²) < 4.78 is 0. The fourth-order valence-electron chi connectivity index (χ4n) is 3.96. The molecule has 2 rings (SSSR count). The molecule has 1 aliphatic heterocycles. The van der Waals surface area contributed by atoms with E-state index in [0.717, 1.165) is 19.3 Å². The Hall–Kier alpha value is -0.570. The highest BCUT2D eigenvalue weighted by Gasteiger charge is 2.46. The van der Waals surface area contributed by atoms with Crippen LogP contribution in [0.1, 0.15) is 72.6 Å². The van der Waals surface area contributed by atoms with E-state index in [4.69, 9.17) is 0 Å². The standard InChI is InChI=1S/C17H32N2O/c1-5-9-13(4)19-16(14-10-7-8-11-14)18-15(17(19)20)12(3)6-2/h12-16,18H,5-11H2,1-4H3. The molecule has 20 heavy (non-hydrogen) atoms. The van der Waals surface area contributed by atoms with E-state index in [-0.39, 0.29) is 6.04 Å². The van der Waals surface area contributed by atoms with Gasteiger partial charge in [0.1, 0.15) is 0 Å². The van der Waals surface area contributed by atoms with Gasteiger partial charge < -0.3 is 4.90 Å². The van der Waals surface area contributed by atoms with Gasteiger partial charge in [0, 0.05) is 6.04 Å². The fourth-order valence-corrected chi connectivity index (χ4v) is 3.96. The molecule has 0 spiro atoms. The van der Waals surface area contributed by atoms with Gasteiger partial charge in [-0.15, -0.1) is 0 Å². The van der Waals surface area contributed by atoms with E-state index in [1.165, 1.54) is 25.7 Å². The van der Waals surface area contributed by atoms with Gasteiger partial charge >= 0.3 is 0 Å². The van der Waals surface area contributed by atoms with Crippen LogP contribution in [0.3, 0.4) is 0 Å². The first-order valence-corrected chi connectivity index (χ1v) is 8.68. The van der Waals surface area contributed by atoms with Crippen molar-refractivity contribution in [3.63, 3.8) is 0 Å². The van der Waals surface area contributed by atoms with Gasteiger partial charge in [-0.3, -0.25) is 10.1 Å². The first-order chi connectivity index (χ1) is 9.60. The Morgan fingerprint density at radius 3 is 2.45 bits per heavy atom. The summed E-state index contributed by atoms with van der Waals surface area (Å²) in [6, 6.07) is 0.421. The van der Waals surface area contributed by atoms with Crippen LogP contribution in [0, 0.1) is 11.8 Å². The smallest absolute Gasteiger partial charge is 0.241 e. The quantitative estimate of drug-likeness (QED) is 0.807. The molecule has 1 heterocycles. The summed E-state index contributed by atoms with van der Waals surface area (Å²) in [5.74, 6) is 1.47. The summed E-state index contributed by atoms with van der Waals surface area (Å²) in [4.78, 5) is 15.1. The summed E-state index contributed by atoms with van der Waals surface area (Å²) in [5.41, 5.74) is 0. The minimum atomic E-state index is 0.0462. The molecule has 1 saturated carbocycles. The van der Waals surface area contributed by atoms with Crippen molar-refractivity contribution in [3.05, 3.63) is 0 Å². The van der Waals surface area contributed by atoms with Crippen LogP contribution in [0.25, 0.3) is 0 Å². The van der Waals surface area contributed by atoms with Crippen molar-refractivity contribution < 1.29 is 4.79 Å². The van der Waals surface area contributed by atoms with Crippen molar-refractivity contribution >= 4 is 5.91 Å². The predicted molar refractivity (Wildman–Crippen MR) is 83.3 cm³/mol. The van der Waals surface area contributed by atoms with Crippen LogP contribution in [0.5, 0.6) is 0 Å². The average Bonchev–Trinajstić information content (AvgIpc) is 3.05. The van der Waals surface area contributed by atoms with Crippen LogP contribution >= 0.6 is 0 Å². The molecule has 0 bridgehead atoms. The van der Waals surface area contributed by atoms with Crippen LogP contribution in [0.15, 0.2) is 0 Å². The number of hydrogen-bond donors (Lipinski definition) is 1. The van der Waals surface area contributed by atoms with Crippen LogP contribution in [-0.4, -0.2) is 29.1 Å². The maximum absolute atomic E-state index is 12.9. The molecule has 1 N–H and O–H groups in total. The molecule has 3 heteroatoms. The molecular formula is C17H32N2O. The number of hydrogen-bond acceptors (Lipinski definition) is 2. The Morgan fingerprint density at radius 1 is 1.25 bits per heavy atom. The largest absolute Gasteiger partial charge is 0.323 e. The highest BCUT2D eigenvalue weighted by atomic mass is 16.2. The highest BCUT2D eigenvalue weighted by molar-refractivity contribution is 5.85. The molecule has 0 radical (unpaired) electrons. The number of nitrogens with one attached hydrogen (secondary N) is 1. The lowest BCUT2D eigenvalue weighted by Gasteiger charge is -2.33. The molecule has 0 aromatic carbocycles. The molecular weight excluding hydrogens is 248 g/mol. The Morgan fingerprint density at radius 2 is 1.90 bits per heavy atom. The van der Waals surface area contributed by atoms with Crippen LogP contribution < -0.4 is 5.32 Å². The van der Waals surface area contributed by atoms with Gasteiger partial charge in [-0.25, -0.2) is 0 Å². The zero-order valence-corrected chi connectivity index (χ0v) is 13.7. The van der Waals surface area contributed by atoms with Gasteiger partial charge in [-0.2, -0.15) is 0 Å². The Labute approximate surface area is 124 Å². The van der Waals surface area contributed by atoms with Crippen LogP contribution in [0.2, 0.25) is 0 Å². The van der Waals surface area contributed by atoms with Crippen molar-refractivity contribution in [2.75, 3.05) is 0 Å². The topological polar surface area (TPSA) is 32.3 Å². The molecule has 3 nitrogen and oxygen atoms in total. The van der Waals surface area contributed by atoms with E-state index in [0.29, 0.717) is 30.0 Å². The van der Waals surface area contributed by atoms with E-state index >= 15 is 0 Å². The van der Waals surface area contributed by atoms with Crippen molar-refractivity contribution in [2.45, 2.75) is 90.9 Å². The maximum atomic E-state index is 12.9. The fraction of sp³-hybridized carbons (Fsp3) is 0.941. The first-order valence-electron chi connectivity index (χ1n) is 8.68. The van der Waals surface area contributed by atoms with Crippen molar-refractivity contribution in [2.24, 2.45) is 11.8 Å². The molecule has 0 aromatic rings. The zero-order valence-electron chi connectivity index (χ0n) is 13.7. The third-order valence-electron chi connectivity index (χ3n) is 5.41. The summed E-state index contributed by atoms with van der Waals surface area (Å²) in [7, 11) is 0. The molecule has 2 fully saturated rings. The van der Waals surface area contributed by atoms with Gasteiger partial charge in [-0.05, 0) is 38.0 Å². The summed E-state index contributed by atoms with van der Waals surface area (Å²) in [6.07, 6.45) is 8.87. The lowest BCUT2D eigenvalue weighted by Crippen LogP contribution is -2.47. The highest BCUT2D eigenvalue weighted by Crippen LogP contribution is 2.34. The van der Waals surface area contributed by atoms with Crippen molar-refractivity contribution in [1.29, 1.82) is 0 Å². The lowest BCUT2D eigenvalue weighted by molar-refractivity contribution is -0.133. The van der Waals surface area contributed by atoms with Gasteiger partial charge in [0.25, 0.3) is 0 Å². The Kier molecular flexibility index (Phi) is 5.48. The number of nitrogens with zero attached hydrogens (tertiary/aromatic N) is 1. The Balaban J connectivity index is 2.15. The number of rotatable bonds is 6. The molecule has 0 aromatic heterocycles. The monoisotopic (exact) mass is 280 g/mol. The molecule has 1 aliphatic carbocycles. The predicted octanol–water partition coefficient (Wildman–Crippen LogP) is 3.54. The third kappa shape index (κ3) is 3.03. The van der Waals surface area contributed by atoms with E-state index < -0.39 is 0 Å². The van der Waals surface area contributed by atoms with Crippen LogP contribution in [0.4, 0.5) is 0 Å². The van der Waals surface area contributed by atoms with Gasteiger partial charge in [0.2, 0.25) is 5.91 Å². The first kappa shape index (κ1) is 15.8. The number of amides is 1. The number of carbonyl (C=O) groups is 1. The second-order valence-corrected chi connectivity index (χ2v) is 6.90. The Bertz CT molecular complexity index is 325. The molecule has 1 saturated heterocycles. The van der Waals surface area contributed by atoms with Crippen LogP contribution in [-0.2, 0) is 4.79 Å². The normalized spacial score (nSPS) is 31.0.